The Hall–Kier alpha value is -3.01. The number of carbonyl (C=O) groups is 1. The smallest absolute Gasteiger partial charge is 0.271 e. The Morgan fingerprint density at radius 1 is 1.06 bits per heavy atom. The average molecular weight is 600 g/mol. The number of methoxy groups -OCH3 is 1. The maximum absolute atomic E-state index is 12.5. The largest absolute Gasteiger partial charge is 0.494 e. The van der Waals surface area contributed by atoms with Crippen molar-refractivity contribution in [1.29, 1.82) is 0 Å². The van der Waals surface area contributed by atoms with Gasteiger partial charge in [0, 0.05) is 22.2 Å². The van der Waals surface area contributed by atoms with Crippen molar-refractivity contribution >= 4 is 66.1 Å². The zero-order valence-electron chi connectivity index (χ0n) is 18.3. The zero-order chi connectivity index (χ0) is 24.1. The number of amides is 1. The first kappa shape index (κ1) is 24.1. The molecule has 0 fully saturated rings. The number of thiazole rings is 1. The highest BCUT2D eigenvalue weighted by Gasteiger charge is 2.09. The third-order valence-corrected chi connectivity index (χ3v) is 6.79. The average Bonchev–Trinajstić information content (AvgIpc) is 3.29. The number of hydrogen-bond donors (Lipinski definition) is 2. The molecule has 0 aliphatic carbocycles. The van der Waals surface area contributed by atoms with Crippen molar-refractivity contribution in [2.45, 2.75) is 6.92 Å². The second-order valence-electron chi connectivity index (χ2n) is 7.32. The van der Waals surface area contributed by atoms with E-state index in [1.54, 1.807) is 25.5 Å². The van der Waals surface area contributed by atoms with E-state index in [0.29, 0.717) is 11.3 Å². The maximum Gasteiger partial charge on any atom is 0.271 e. The predicted octanol–water partition coefficient (Wildman–Crippen LogP) is 7.16. The molecular formula is C25H20Br2N4O2S. The first-order valence-electron chi connectivity index (χ1n) is 10.2. The molecule has 0 aliphatic rings. The molecule has 1 amide bonds. The number of nitrogens with one attached hydrogen (secondary N) is 2. The Kier molecular flexibility index (Phi) is 7.77. The first-order chi connectivity index (χ1) is 16.4. The van der Waals surface area contributed by atoms with Crippen molar-refractivity contribution in [3.63, 3.8) is 0 Å². The molecule has 0 atom stereocenters. The van der Waals surface area contributed by atoms with Crippen LogP contribution in [0.2, 0.25) is 0 Å². The molecule has 4 rings (SSSR count). The molecule has 1 heterocycles. The van der Waals surface area contributed by atoms with Gasteiger partial charge in [0.25, 0.3) is 5.91 Å². The van der Waals surface area contributed by atoms with Crippen LogP contribution in [-0.2, 0) is 0 Å². The fourth-order valence-electron chi connectivity index (χ4n) is 3.10. The Morgan fingerprint density at radius 3 is 2.38 bits per heavy atom. The Labute approximate surface area is 218 Å². The number of halogens is 2. The van der Waals surface area contributed by atoms with Crippen LogP contribution in [0.3, 0.4) is 0 Å². The summed E-state index contributed by atoms with van der Waals surface area (Å²) in [6.07, 6.45) is 1.57. The van der Waals surface area contributed by atoms with Gasteiger partial charge in [-0.15, -0.1) is 11.3 Å². The fourth-order valence-corrected chi connectivity index (χ4v) is 5.38. The zero-order valence-corrected chi connectivity index (χ0v) is 22.3. The van der Waals surface area contributed by atoms with Gasteiger partial charge in [0.15, 0.2) is 5.13 Å². The minimum absolute atomic E-state index is 0.297. The number of rotatable bonds is 7. The minimum atomic E-state index is -0.297. The molecule has 0 bridgehead atoms. The minimum Gasteiger partial charge on any atom is -0.494 e. The Bertz CT molecular complexity index is 1310. The first-order valence-corrected chi connectivity index (χ1v) is 12.7. The van der Waals surface area contributed by atoms with Crippen LogP contribution in [0.15, 0.2) is 80.1 Å². The molecular weight excluding hydrogens is 580 g/mol. The van der Waals surface area contributed by atoms with Crippen molar-refractivity contribution < 1.29 is 9.53 Å². The molecule has 0 saturated heterocycles. The molecule has 9 heteroatoms. The SMILES string of the molecule is COc1c(Br)cc(/C=N\NC(=O)c2ccc(-c3csc(Nc4ccc(C)cc4)n3)cc2)cc1Br. The standard InChI is InChI=1S/C25H20Br2N4O2S/c1-15-3-9-19(10-4-15)29-25-30-22(14-34-25)17-5-7-18(8-6-17)24(32)31-28-13-16-11-20(26)23(33-2)21(27)12-16/h3-14H,1-2H3,(H,29,30)(H,31,32)/b28-13-. The van der Waals surface area contributed by atoms with Crippen LogP contribution < -0.4 is 15.5 Å². The number of nitrogens with zero attached hydrogens (tertiary/aromatic N) is 2. The number of carbonyl (C=O) groups excluding carboxylic acids is 1. The molecule has 4 aromatic rings. The summed E-state index contributed by atoms with van der Waals surface area (Å²) in [6.45, 7) is 2.06. The lowest BCUT2D eigenvalue weighted by atomic mass is 10.1. The predicted molar refractivity (Wildman–Crippen MR) is 145 cm³/mol. The number of aromatic nitrogens is 1. The number of hydrogen-bond acceptors (Lipinski definition) is 6. The van der Waals surface area contributed by atoms with E-state index < -0.39 is 0 Å². The summed E-state index contributed by atoms with van der Waals surface area (Å²) in [5.74, 6) is 0.397. The van der Waals surface area contributed by atoms with E-state index in [-0.39, 0.29) is 5.91 Å². The van der Waals surface area contributed by atoms with Crippen LogP contribution in [0.4, 0.5) is 10.8 Å². The van der Waals surface area contributed by atoms with E-state index in [2.05, 4.69) is 71.7 Å². The van der Waals surface area contributed by atoms with Gasteiger partial charge in [-0.05, 0) is 80.7 Å². The van der Waals surface area contributed by atoms with Crippen molar-refractivity contribution in [3.8, 4) is 17.0 Å². The summed E-state index contributed by atoms with van der Waals surface area (Å²) in [7, 11) is 1.60. The number of aryl methyl sites for hydroxylation is 1. The Morgan fingerprint density at radius 2 is 1.74 bits per heavy atom. The molecule has 172 valence electrons. The highest BCUT2D eigenvalue weighted by Crippen LogP contribution is 2.34. The normalized spacial score (nSPS) is 10.9. The molecule has 0 unspecified atom stereocenters. The summed E-state index contributed by atoms with van der Waals surface area (Å²) in [4.78, 5) is 17.1. The number of ether oxygens (including phenoxy) is 1. The van der Waals surface area contributed by atoms with Crippen LogP contribution in [0, 0.1) is 6.92 Å². The van der Waals surface area contributed by atoms with Crippen LogP contribution >= 0.6 is 43.2 Å². The van der Waals surface area contributed by atoms with Gasteiger partial charge < -0.3 is 10.1 Å². The highest BCUT2D eigenvalue weighted by atomic mass is 79.9. The summed E-state index contributed by atoms with van der Waals surface area (Å²) >= 11 is 8.43. The van der Waals surface area contributed by atoms with Gasteiger partial charge in [0.2, 0.25) is 0 Å². The number of hydrazone groups is 1. The third-order valence-electron chi connectivity index (χ3n) is 4.85. The summed E-state index contributed by atoms with van der Waals surface area (Å²) in [6, 6.07) is 19.1. The van der Waals surface area contributed by atoms with E-state index >= 15 is 0 Å². The lowest BCUT2D eigenvalue weighted by molar-refractivity contribution is 0.0955. The van der Waals surface area contributed by atoms with Crippen LogP contribution in [0.5, 0.6) is 5.75 Å². The summed E-state index contributed by atoms with van der Waals surface area (Å²) < 4.78 is 6.86. The molecule has 3 aromatic carbocycles. The number of benzene rings is 3. The van der Waals surface area contributed by atoms with Gasteiger partial charge >= 0.3 is 0 Å². The lowest BCUT2D eigenvalue weighted by Gasteiger charge is -2.07. The molecule has 0 saturated carbocycles. The fraction of sp³-hybridized carbons (Fsp3) is 0.0800. The van der Waals surface area contributed by atoms with E-state index in [0.717, 1.165) is 36.6 Å². The number of anilines is 2. The molecule has 34 heavy (non-hydrogen) atoms. The third kappa shape index (κ3) is 5.91. The Balaban J connectivity index is 1.38. The van der Waals surface area contributed by atoms with Crippen molar-refractivity contribution in [2.24, 2.45) is 5.10 Å². The van der Waals surface area contributed by atoms with E-state index in [1.165, 1.54) is 16.9 Å². The maximum atomic E-state index is 12.5. The topological polar surface area (TPSA) is 75.6 Å². The highest BCUT2D eigenvalue weighted by molar-refractivity contribution is 9.11. The lowest BCUT2D eigenvalue weighted by Crippen LogP contribution is -2.17. The van der Waals surface area contributed by atoms with E-state index in [4.69, 9.17) is 4.74 Å². The van der Waals surface area contributed by atoms with Crippen LogP contribution in [0.1, 0.15) is 21.5 Å². The van der Waals surface area contributed by atoms with Crippen LogP contribution in [0.25, 0.3) is 11.3 Å². The quantitative estimate of drug-likeness (QED) is 0.175. The molecule has 0 aliphatic heterocycles. The van der Waals surface area contributed by atoms with Crippen molar-refractivity contribution in [2.75, 3.05) is 12.4 Å². The van der Waals surface area contributed by atoms with Gasteiger partial charge in [-0.3, -0.25) is 4.79 Å². The van der Waals surface area contributed by atoms with E-state index in [1.807, 2.05) is 41.8 Å². The van der Waals surface area contributed by atoms with Gasteiger partial charge in [-0.25, -0.2) is 10.4 Å². The molecule has 0 radical (unpaired) electrons. The van der Waals surface area contributed by atoms with Gasteiger partial charge in [0.1, 0.15) is 5.75 Å². The van der Waals surface area contributed by atoms with Crippen molar-refractivity contribution in [3.05, 3.63) is 91.7 Å². The molecule has 0 spiro atoms. The second-order valence-corrected chi connectivity index (χ2v) is 9.89. The van der Waals surface area contributed by atoms with Gasteiger partial charge in [-0.2, -0.15) is 5.10 Å². The van der Waals surface area contributed by atoms with Gasteiger partial charge in [-0.1, -0.05) is 29.8 Å². The monoisotopic (exact) mass is 598 g/mol. The molecule has 6 nitrogen and oxygen atoms in total. The molecule has 2 N–H and O–H groups in total. The van der Waals surface area contributed by atoms with Crippen LogP contribution in [-0.4, -0.2) is 24.2 Å². The van der Waals surface area contributed by atoms with Gasteiger partial charge in [0.05, 0.1) is 28.0 Å². The second kappa shape index (κ2) is 10.9. The van der Waals surface area contributed by atoms with E-state index in [9.17, 15) is 4.79 Å². The summed E-state index contributed by atoms with van der Waals surface area (Å²) in [5, 5.41) is 10.2. The van der Waals surface area contributed by atoms with Crippen molar-refractivity contribution in [1.82, 2.24) is 10.4 Å². The molecule has 1 aromatic heterocycles. The summed E-state index contributed by atoms with van der Waals surface area (Å²) in [5.41, 5.74) is 7.84.